The van der Waals surface area contributed by atoms with E-state index in [4.69, 9.17) is 19.3 Å². The predicted molar refractivity (Wildman–Crippen MR) is 141 cm³/mol. The number of carbonyl (C=O) groups excluding carboxylic acids is 1. The first-order valence-electron chi connectivity index (χ1n) is 11.5. The summed E-state index contributed by atoms with van der Waals surface area (Å²) in [5, 5.41) is 29.3. The maximum atomic E-state index is 13.2. The van der Waals surface area contributed by atoms with Gasteiger partial charge in [-0.05, 0) is 24.3 Å². The molecule has 39 heavy (non-hydrogen) atoms. The van der Waals surface area contributed by atoms with Crippen molar-refractivity contribution < 1.29 is 28.9 Å². The largest absolute Gasteiger partial charge is 0.497 e. The first kappa shape index (κ1) is 26.7. The highest BCUT2D eigenvalue weighted by Crippen LogP contribution is 2.37. The second-order valence-electron chi connectivity index (χ2n) is 8.04. The summed E-state index contributed by atoms with van der Waals surface area (Å²) in [6.07, 6.45) is 0.228. The molecule has 4 aromatic rings. The van der Waals surface area contributed by atoms with Crippen molar-refractivity contribution in [2.45, 2.75) is 6.54 Å². The number of para-hydroxylation sites is 1. The summed E-state index contributed by atoms with van der Waals surface area (Å²) in [5.74, 6) is 1.34. The Morgan fingerprint density at radius 2 is 1.82 bits per heavy atom. The maximum absolute atomic E-state index is 13.2. The van der Waals surface area contributed by atoms with Gasteiger partial charge in [-0.2, -0.15) is 5.10 Å². The molecule has 4 rings (SSSR count). The van der Waals surface area contributed by atoms with E-state index in [-0.39, 0.29) is 23.7 Å². The number of nitrogens with one attached hydrogen (secondary N) is 3. The number of carbonyl (C=O) groups is 2. The molecule has 0 aliphatic rings. The highest BCUT2D eigenvalue weighted by Gasteiger charge is 2.20. The van der Waals surface area contributed by atoms with E-state index in [1.165, 1.54) is 20.3 Å². The molecule has 0 bridgehead atoms. The van der Waals surface area contributed by atoms with Gasteiger partial charge < -0.3 is 30.0 Å². The summed E-state index contributed by atoms with van der Waals surface area (Å²) < 4.78 is 17.8. The number of carboxylic acid groups (broad SMARTS) is 1. The van der Waals surface area contributed by atoms with Gasteiger partial charge in [-0.1, -0.05) is 6.07 Å². The minimum Gasteiger partial charge on any atom is -0.497 e. The lowest BCUT2D eigenvalue weighted by molar-refractivity contribution is 0.0945. The second kappa shape index (κ2) is 11.8. The third kappa shape index (κ3) is 6.12. The van der Waals surface area contributed by atoms with E-state index >= 15 is 0 Å². The monoisotopic (exact) mass is 534 g/mol. The van der Waals surface area contributed by atoms with Crippen LogP contribution < -0.4 is 30.2 Å². The molecule has 0 fully saturated rings. The number of hydrogen-bond acceptors (Lipinski definition) is 10. The number of ether oxygens (including phenoxy) is 3. The van der Waals surface area contributed by atoms with Crippen molar-refractivity contribution in [3.05, 3.63) is 60.0 Å². The molecule has 14 heteroatoms. The number of aromatic nitrogens is 5. The van der Waals surface area contributed by atoms with Crippen LogP contribution in [-0.2, 0) is 13.6 Å². The van der Waals surface area contributed by atoms with Gasteiger partial charge in [-0.15, -0.1) is 10.2 Å². The number of aryl methyl sites for hydroxylation is 1. The lowest BCUT2D eigenvalue weighted by atomic mass is 10.1. The van der Waals surface area contributed by atoms with Crippen LogP contribution in [-0.4, -0.2) is 63.4 Å². The molecule has 0 spiro atoms. The number of amides is 2. The number of methoxy groups -OCH3 is 3. The molecule has 0 atom stereocenters. The van der Waals surface area contributed by atoms with E-state index in [9.17, 15) is 9.59 Å². The highest BCUT2D eigenvalue weighted by molar-refractivity contribution is 5.99. The van der Waals surface area contributed by atoms with E-state index in [0.717, 1.165) is 0 Å². The molecule has 2 aromatic carbocycles. The van der Waals surface area contributed by atoms with Crippen LogP contribution in [0.4, 0.5) is 22.0 Å². The first-order valence-corrected chi connectivity index (χ1v) is 11.5. The SMILES string of the molecule is COc1ccc(CNC(=O)c2nnc(NC(=O)O)cc2Nc2cccc(-c3ncn(C)n3)c2OC)c(OC)c1. The van der Waals surface area contributed by atoms with Crippen LogP contribution in [0.2, 0.25) is 0 Å². The summed E-state index contributed by atoms with van der Waals surface area (Å²) in [4.78, 5) is 28.7. The summed E-state index contributed by atoms with van der Waals surface area (Å²) in [6.45, 7) is 0.117. The molecule has 0 aliphatic heterocycles. The van der Waals surface area contributed by atoms with E-state index in [1.54, 1.807) is 61.6 Å². The Morgan fingerprint density at radius 3 is 2.49 bits per heavy atom. The Labute approximate surface area is 222 Å². The molecule has 2 amide bonds. The van der Waals surface area contributed by atoms with Gasteiger partial charge in [-0.3, -0.25) is 14.8 Å². The first-order chi connectivity index (χ1) is 18.8. The van der Waals surface area contributed by atoms with Gasteiger partial charge >= 0.3 is 6.09 Å². The van der Waals surface area contributed by atoms with Gasteiger partial charge in [0.25, 0.3) is 5.91 Å². The average molecular weight is 535 g/mol. The fourth-order valence-electron chi connectivity index (χ4n) is 3.72. The van der Waals surface area contributed by atoms with Crippen molar-refractivity contribution in [1.82, 2.24) is 30.3 Å². The fourth-order valence-corrected chi connectivity index (χ4v) is 3.72. The van der Waals surface area contributed by atoms with Crippen LogP contribution in [0.25, 0.3) is 11.4 Å². The van der Waals surface area contributed by atoms with Gasteiger partial charge in [0.05, 0.1) is 38.3 Å². The van der Waals surface area contributed by atoms with Crippen LogP contribution in [0.3, 0.4) is 0 Å². The van der Waals surface area contributed by atoms with E-state index in [0.29, 0.717) is 39.9 Å². The van der Waals surface area contributed by atoms with Crippen LogP contribution in [0.5, 0.6) is 17.2 Å². The molecular weight excluding hydrogens is 508 g/mol. The molecule has 2 aromatic heterocycles. The third-order valence-corrected chi connectivity index (χ3v) is 5.51. The quantitative estimate of drug-likeness (QED) is 0.235. The van der Waals surface area contributed by atoms with Gasteiger partial charge in [0.1, 0.15) is 17.8 Å². The Balaban J connectivity index is 1.66. The molecule has 0 unspecified atom stereocenters. The predicted octanol–water partition coefficient (Wildman–Crippen LogP) is 3.06. The van der Waals surface area contributed by atoms with Crippen molar-refractivity contribution in [2.24, 2.45) is 7.05 Å². The van der Waals surface area contributed by atoms with Gasteiger partial charge in [-0.25, -0.2) is 9.78 Å². The summed E-state index contributed by atoms with van der Waals surface area (Å²) in [6, 6.07) is 11.9. The fraction of sp³-hybridized carbons (Fsp3) is 0.200. The molecule has 2 heterocycles. The zero-order valence-electron chi connectivity index (χ0n) is 21.6. The molecule has 4 N–H and O–H groups in total. The normalized spacial score (nSPS) is 10.5. The van der Waals surface area contributed by atoms with Gasteiger partial charge in [0.2, 0.25) is 0 Å². The minimum atomic E-state index is -1.33. The van der Waals surface area contributed by atoms with Crippen LogP contribution in [0.15, 0.2) is 48.8 Å². The average Bonchev–Trinajstić information content (AvgIpc) is 3.37. The lowest BCUT2D eigenvalue weighted by Crippen LogP contribution is -2.26. The Hall–Kier alpha value is -5.40. The van der Waals surface area contributed by atoms with Crippen molar-refractivity contribution in [2.75, 3.05) is 32.0 Å². The van der Waals surface area contributed by atoms with E-state index < -0.39 is 12.0 Å². The zero-order chi connectivity index (χ0) is 27.9. The molecule has 0 saturated carbocycles. The summed E-state index contributed by atoms with van der Waals surface area (Å²) in [5.41, 5.74) is 1.86. The smallest absolute Gasteiger partial charge is 0.410 e. The molecule has 14 nitrogen and oxygen atoms in total. The molecular formula is C25H26N8O6. The third-order valence-electron chi connectivity index (χ3n) is 5.51. The number of anilines is 3. The molecule has 0 saturated heterocycles. The molecule has 202 valence electrons. The Kier molecular flexibility index (Phi) is 8.04. The van der Waals surface area contributed by atoms with E-state index in [1.807, 2.05) is 0 Å². The minimum absolute atomic E-state index is 0.0816. The second-order valence-corrected chi connectivity index (χ2v) is 8.04. The Bertz CT molecular complexity index is 1510. The topological polar surface area (TPSA) is 175 Å². The van der Waals surface area contributed by atoms with Crippen molar-refractivity contribution in [3.8, 4) is 28.6 Å². The molecule has 0 aliphatic carbocycles. The van der Waals surface area contributed by atoms with Crippen molar-refractivity contribution in [3.63, 3.8) is 0 Å². The van der Waals surface area contributed by atoms with Crippen LogP contribution >= 0.6 is 0 Å². The number of hydrogen-bond donors (Lipinski definition) is 4. The lowest BCUT2D eigenvalue weighted by Gasteiger charge is -2.16. The summed E-state index contributed by atoms with van der Waals surface area (Å²) in [7, 11) is 6.30. The zero-order valence-corrected chi connectivity index (χ0v) is 21.6. The van der Waals surface area contributed by atoms with E-state index in [2.05, 4.69) is 36.2 Å². The van der Waals surface area contributed by atoms with Crippen molar-refractivity contribution >= 4 is 29.2 Å². The van der Waals surface area contributed by atoms with Crippen molar-refractivity contribution in [1.29, 1.82) is 0 Å². The maximum Gasteiger partial charge on any atom is 0.410 e. The number of nitrogens with zero attached hydrogens (tertiary/aromatic N) is 5. The number of rotatable bonds is 10. The van der Waals surface area contributed by atoms with Gasteiger partial charge in [0.15, 0.2) is 23.1 Å². The number of benzene rings is 2. The van der Waals surface area contributed by atoms with Crippen LogP contribution in [0, 0.1) is 0 Å². The van der Waals surface area contributed by atoms with Crippen LogP contribution in [0.1, 0.15) is 16.1 Å². The molecule has 0 radical (unpaired) electrons. The van der Waals surface area contributed by atoms with Gasteiger partial charge in [0, 0.05) is 31.3 Å². The summed E-state index contributed by atoms with van der Waals surface area (Å²) >= 11 is 0. The standard InChI is InChI=1S/C25H26N8O6/c1-33-13-27-23(32-33)16-6-5-7-17(22(16)39-4)28-18-11-20(29-25(35)36)30-31-21(18)24(34)26-12-14-8-9-15(37-2)10-19(14)38-3/h5-11,13H,12H2,1-4H3,(H,26,34)(H,35,36)(H2,28,29,30). The highest BCUT2D eigenvalue weighted by atomic mass is 16.5. The Morgan fingerprint density at radius 1 is 1.00 bits per heavy atom.